The summed E-state index contributed by atoms with van der Waals surface area (Å²) in [5, 5.41) is 16.4. The quantitative estimate of drug-likeness (QED) is 0.660. The average molecular weight is 252 g/mol. The molecule has 0 saturated carbocycles. The molecule has 2 rings (SSSR count). The molecule has 2 N–H and O–H groups in total. The Balaban J connectivity index is 1.54. The maximum Gasteiger partial charge on any atom is 0.0640 e. The lowest BCUT2D eigenvalue weighted by molar-refractivity contribution is 0.269. The van der Waals surface area contributed by atoms with E-state index in [1.54, 1.807) is 4.68 Å². The standard InChI is InChI=1S/C13H24N4O/c18-9-8-17-12-13(11-15-17)10-14-4-3-7-16-5-1-2-6-16/h11-12,14,18H,1-10H2. The van der Waals surface area contributed by atoms with Crippen molar-refractivity contribution in [2.24, 2.45) is 0 Å². The Hall–Kier alpha value is -0.910. The van der Waals surface area contributed by atoms with Gasteiger partial charge in [0, 0.05) is 18.3 Å². The minimum absolute atomic E-state index is 0.143. The van der Waals surface area contributed by atoms with Crippen LogP contribution < -0.4 is 5.32 Å². The Morgan fingerprint density at radius 1 is 1.28 bits per heavy atom. The molecule has 0 spiro atoms. The van der Waals surface area contributed by atoms with Crippen molar-refractivity contribution in [3.63, 3.8) is 0 Å². The van der Waals surface area contributed by atoms with Crippen molar-refractivity contribution in [3.05, 3.63) is 18.0 Å². The van der Waals surface area contributed by atoms with Crippen LogP contribution in [0.25, 0.3) is 0 Å². The molecule has 0 aliphatic carbocycles. The normalized spacial score (nSPS) is 16.5. The fourth-order valence-electron chi connectivity index (χ4n) is 2.39. The molecule has 2 heterocycles. The Bertz CT molecular complexity index is 333. The van der Waals surface area contributed by atoms with E-state index in [2.05, 4.69) is 15.3 Å². The summed E-state index contributed by atoms with van der Waals surface area (Å²) in [7, 11) is 0. The molecule has 1 aliphatic rings. The zero-order chi connectivity index (χ0) is 12.6. The van der Waals surface area contributed by atoms with E-state index in [-0.39, 0.29) is 6.61 Å². The highest BCUT2D eigenvalue weighted by Crippen LogP contribution is 2.06. The maximum atomic E-state index is 8.80. The van der Waals surface area contributed by atoms with Crippen LogP contribution in [0.1, 0.15) is 24.8 Å². The number of nitrogens with one attached hydrogen (secondary N) is 1. The summed E-state index contributed by atoms with van der Waals surface area (Å²) in [5.74, 6) is 0. The first-order chi connectivity index (χ1) is 8.88. The summed E-state index contributed by atoms with van der Waals surface area (Å²) in [6.07, 6.45) is 7.81. The number of aromatic nitrogens is 2. The molecule has 1 aliphatic heterocycles. The predicted molar refractivity (Wildman–Crippen MR) is 71.3 cm³/mol. The van der Waals surface area contributed by atoms with Gasteiger partial charge in [-0.05, 0) is 45.4 Å². The third-order valence-electron chi connectivity index (χ3n) is 3.37. The van der Waals surface area contributed by atoms with E-state index in [9.17, 15) is 0 Å². The monoisotopic (exact) mass is 252 g/mol. The molecular weight excluding hydrogens is 228 g/mol. The van der Waals surface area contributed by atoms with Gasteiger partial charge in [-0.25, -0.2) is 0 Å². The molecule has 5 heteroatoms. The lowest BCUT2D eigenvalue weighted by Crippen LogP contribution is -2.24. The molecule has 0 bridgehead atoms. The fourth-order valence-corrected chi connectivity index (χ4v) is 2.39. The van der Waals surface area contributed by atoms with Gasteiger partial charge in [-0.2, -0.15) is 5.10 Å². The highest BCUT2D eigenvalue weighted by Gasteiger charge is 2.09. The van der Waals surface area contributed by atoms with Crippen molar-refractivity contribution in [3.8, 4) is 0 Å². The highest BCUT2D eigenvalue weighted by atomic mass is 16.3. The van der Waals surface area contributed by atoms with E-state index in [1.165, 1.54) is 44.5 Å². The number of hydrogen-bond donors (Lipinski definition) is 2. The van der Waals surface area contributed by atoms with Crippen molar-refractivity contribution in [1.29, 1.82) is 0 Å². The summed E-state index contributed by atoms with van der Waals surface area (Å²) in [5.41, 5.74) is 1.18. The summed E-state index contributed by atoms with van der Waals surface area (Å²) in [4.78, 5) is 2.54. The van der Waals surface area contributed by atoms with Crippen LogP contribution in [0.5, 0.6) is 0 Å². The highest BCUT2D eigenvalue weighted by molar-refractivity contribution is 5.03. The lowest BCUT2D eigenvalue weighted by Gasteiger charge is -2.14. The second-order valence-electron chi connectivity index (χ2n) is 4.91. The van der Waals surface area contributed by atoms with E-state index in [1.807, 2.05) is 12.4 Å². The Morgan fingerprint density at radius 2 is 2.11 bits per heavy atom. The first-order valence-electron chi connectivity index (χ1n) is 6.94. The zero-order valence-electron chi connectivity index (χ0n) is 11.0. The number of rotatable bonds is 8. The molecule has 1 aromatic rings. The number of aliphatic hydroxyl groups excluding tert-OH is 1. The van der Waals surface area contributed by atoms with E-state index >= 15 is 0 Å². The second-order valence-corrected chi connectivity index (χ2v) is 4.91. The van der Waals surface area contributed by atoms with Crippen molar-refractivity contribution >= 4 is 0 Å². The van der Waals surface area contributed by atoms with Crippen molar-refractivity contribution in [2.75, 3.05) is 32.8 Å². The number of aliphatic hydroxyl groups is 1. The summed E-state index contributed by atoms with van der Waals surface area (Å²) in [6, 6.07) is 0. The Morgan fingerprint density at radius 3 is 2.89 bits per heavy atom. The summed E-state index contributed by atoms with van der Waals surface area (Å²) >= 11 is 0. The number of hydrogen-bond acceptors (Lipinski definition) is 4. The Labute approximate surface area is 109 Å². The third kappa shape index (κ3) is 4.40. The van der Waals surface area contributed by atoms with Crippen LogP contribution in [0.3, 0.4) is 0 Å². The van der Waals surface area contributed by atoms with Gasteiger partial charge in [-0.15, -0.1) is 0 Å². The molecule has 5 nitrogen and oxygen atoms in total. The molecule has 0 radical (unpaired) electrons. The number of nitrogens with zero attached hydrogens (tertiary/aromatic N) is 3. The smallest absolute Gasteiger partial charge is 0.0640 e. The van der Waals surface area contributed by atoms with E-state index in [0.717, 1.165) is 13.1 Å². The summed E-state index contributed by atoms with van der Waals surface area (Å²) < 4.78 is 1.78. The van der Waals surface area contributed by atoms with Crippen LogP contribution in [0.4, 0.5) is 0 Å². The first-order valence-corrected chi connectivity index (χ1v) is 6.94. The first kappa shape index (κ1) is 13.5. The molecule has 1 aromatic heterocycles. The van der Waals surface area contributed by atoms with Crippen LogP contribution in [-0.4, -0.2) is 52.6 Å². The van der Waals surface area contributed by atoms with Gasteiger partial charge in [0.1, 0.15) is 0 Å². The fraction of sp³-hybridized carbons (Fsp3) is 0.769. The van der Waals surface area contributed by atoms with Gasteiger partial charge in [0.05, 0.1) is 19.3 Å². The van der Waals surface area contributed by atoms with E-state index in [4.69, 9.17) is 5.11 Å². The predicted octanol–water partition coefficient (Wildman–Crippen LogP) is 0.451. The van der Waals surface area contributed by atoms with Crippen LogP contribution in [0.2, 0.25) is 0 Å². The molecule has 1 fully saturated rings. The average Bonchev–Trinajstić information content (AvgIpc) is 3.01. The third-order valence-corrected chi connectivity index (χ3v) is 3.37. The van der Waals surface area contributed by atoms with Crippen LogP contribution in [0.15, 0.2) is 12.4 Å². The molecule has 18 heavy (non-hydrogen) atoms. The van der Waals surface area contributed by atoms with E-state index < -0.39 is 0 Å². The molecule has 0 amide bonds. The summed E-state index contributed by atoms with van der Waals surface area (Å²) in [6.45, 7) is 6.44. The van der Waals surface area contributed by atoms with Gasteiger partial charge in [-0.3, -0.25) is 4.68 Å². The topological polar surface area (TPSA) is 53.3 Å². The van der Waals surface area contributed by atoms with Gasteiger partial charge >= 0.3 is 0 Å². The molecule has 0 unspecified atom stereocenters. The van der Waals surface area contributed by atoms with Gasteiger partial charge in [0.2, 0.25) is 0 Å². The largest absolute Gasteiger partial charge is 0.394 e. The van der Waals surface area contributed by atoms with Crippen LogP contribution >= 0.6 is 0 Å². The van der Waals surface area contributed by atoms with E-state index in [0.29, 0.717) is 6.54 Å². The maximum absolute atomic E-state index is 8.80. The molecule has 0 aromatic carbocycles. The van der Waals surface area contributed by atoms with Gasteiger partial charge in [-0.1, -0.05) is 0 Å². The van der Waals surface area contributed by atoms with Crippen LogP contribution in [0, 0.1) is 0 Å². The number of likely N-dealkylation sites (tertiary alicyclic amines) is 1. The zero-order valence-corrected chi connectivity index (χ0v) is 11.0. The molecule has 1 saturated heterocycles. The molecular formula is C13H24N4O. The van der Waals surface area contributed by atoms with Crippen LogP contribution in [-0.2, 0) is 13.1 Å². The molecule has 0 atom stereocenters. The lowest BCUT2D eigenvalue weighted by atomic mass is 10.3. The van der Waals surface area contributed by atoms with Crippen molar-refractivity contribution in [2.45, 2.75) is 32.4 Å². The minimum Gasteiger partial charge on any atom is -0.394 e. The van der Waals surface area contributed by atoms with Gasteiger partial charge < -0.3 is 15.3 Å². The minimum atomic E-state index is 0.143. The van der Waals surface area contributed by atoms with Gasteiger partial charge in [0.15, 0.2) is 0 Å². The van der Waals surface area contributed by atoms with Crippen molar-refractivity contribution < 1.29 is 5.11 Å². The van der Waals surface area contributed by atoms with Gasteiger partial charge in [0.25, 0.3) is 0 Å². The van der Waals surface area contributed by atoms with Crippen molar-refractivity contribution in [1.82, 2.24) is 20.0 Å². The molecule has 102 valence electrons. The SMILES string of the molecule is OCCn1cc(CNCCCN2CCCC2)cn1. The Kier molecular flexibility index (Phi) is 5.64. The second kappa shape index (κ2) is 7.51.